The summed E-state index contributed by atoms with van der Waals surface area (Å²) in [5.74, 6) is -0.617. The van der Waals surface area contributed by atoms with Gasteiger partial charge in [0.05, 0.1) is 5.71 Å². The van der Waals surface area contributed by atoms with Gasteiger partial charge in [-0.05, 0) is 17.2 Å². The summed E-state index contributed by atoms with van der Waals surface area (Å²) in [5.41, 5.74) is 2.83. The zero-order valence-corrected chi connectivity index (χ0v) is 9.68. The Morgan fingerprint density at radius 3 is 2.44 bits per heavy atom. The van der Waals surface area contributed by atoms with E-state index in [2.05, 4.69) is 5.32 Å². The van der Waals surface area contributed by atoms with Gasteiger partial charge in [0.15, 0.2) is 0 Å². The van der Waals surface area contributed by atoms with Crippen molar-refractivity contribution in [1.82, 2.24) is 0 Å². The molecule has 0 bridgehead atoms. The van der Waals surface area contributed by atoms with E-state index in [0.29, 0.717) is 5.71 Å². The highest BCUT2D eigenvalue weighted by Gasteiger charge is 2.33. The number of fused-ring (bicyclic) bond motifs is 1. The van der Waals surface area contributed by atoms with Gasteiger partial charge in [-0.2, -0.15) is 0 Å². The molecular weight excluding hydrogens is 224 g/mol. The van der Waals surface area contributed by atoms with Crippen LogP contribution in [0.25, 0.3) is 0 Å². The summed E-state index contributed by atoms with van der Waals surface area (Å²) in [6.07, 6.45) is 0. The molecule has 1 atom stereocenters. The molecule has 1 aliphatic heterocycles. The largest absolute Gasteiger partial charge is 0.325 e. The third-order valence-electron chi connectivity index (χ3n) is 3.17. The van der Waals surface area contributed by atoms with E-state index in [9.17, 15) is 4.79 Å². The van der Waals surface area contributed by atoms with Crippen molar-refractivity contribution in [1.29, 1.82) is 5.41 Å². The topological polar surface area (TPSA) is 53.0 Å². The molecule has 18 heavy (non-hydrogen) atoms. The SMILES string of the molecule is N=C(c1ccccc1)C1C(=O)Nc2ccccc21. The molecule has 0 fully saturated rings. The third-order valence-corrected chi connectivity index (χ3v) is 3.17. The Labute approximate surface area is 105 Å². The van der Waals surface area contributed by atoms with Gasteiger partial charge in [-0.1, -0.05) is 48.5 Å². The lowest BCUT2D eigenvalue weighted by Crippen LogP contribution is -2.21. The maximum atomic E-state index is 12.0. The number of amides is 1. The van der Waals surface area contributed by atoms with Gasteiger partial charge < -0.3 is 10.7 Å². The number of carbonyl (C=O) groups excluding carboxylic acids is 1. The predicted molar refractivity (Wildman–Crippen MR) is 71.1 cm³/mol. The standard InChI is InChI=1S/C15H12N2O/c16-14(10-6-2-1-3-7-10)13-11-8-4-5-9-12(11)17-15(13)18/h1-9,13,16H,(H,17,18). The first-order chi connectivity index (χ1) is 8.77. The smallest absolute Gasteiger partial charge is 0.238 e. The lowest BCUT2D eigenvalue weighted by Gasteiger charge is -2.10. The fraction of sp³-hybridized carbons (Fsp3) is 0.0667. The Morgan fingerprint density at radius 1 is 1.00 bits per heavy atom. The minimum Gasteiger partial charge on any atom is -0.325 e. The summed E-state index contributed by atoms with van der Waals surface area (Å²) in [6.45, 7) is 0. The molecule has 1 aliphatic rings. The average Bonchev–Trinajstić information content (AvgIpc) is 2.75. The second-order valence-electron chi connectivity index (χ2n) is 4.29. The van der Waals surface area contributed by atoms with Gasteiger partial charge in [-0.25, -0.2) is 0 Å². The van der Waals surface area contributed by atoms with Gasteiger partial charge in [-0.3, -0.25) is 4.79 Å². The number of nitrogens with one attached hydrogen (secondary N) is 2. The van der Waals surface area contributed by atoms with Crippen LogP contribution >= 0.6 is 0 Å². The number of para-hydroxylation sites is 1. The molecule has 0 radical (unpaired) electrons. The molecule has 0 aliphatic carbocycles. The van der Waals surface area contributed by atoms with Crippen molar-refractivity contribution in [3.05, 3.63) is 65.7 Å². The zero-order valence-electron chi connectivity index (χ0n) is 9.68. The molecule has 88 valence electrons. The van der Waals surface area contributed by atoms with Crippen LogP contribution in [-0.4, -0.2) is 11.6 Å². The van der Waals surface area contributed by atoms with Crippen LogP contribution in [0.15, 0.2) is 54.6 Å². The number of hydrogen-bond acceptors (Lipinski definition) is 2. The van der Waals surface area contributed by atoms with E-state index in [1.165, 1.54) is 0 Å². The summed E-state index contributed by atoms with van der Waals surface area (Å²) in [5, 5.41) is 11.0. The number of carbonyl (C=O) groups is 1. The number of anilines is 1. The Bertz CT molecular complexity index is 619. The Morgan fingerprint density at radius 2 is 1.67 bits per heavy atom. The van der Waals surface area contributed by atoms with Crippen LogP contribution in [0, 0.1) is 5.41 Å². The second kappa shape index (κ2) is 4.11. The Balaban J connectivity index is 2.03. The summed E-state index contributed by atoms with van der Waals surface area (Å²) < 4.78 is 0. The lowest BCUT2D eigenvalue weighted by molar-refractivity contribution is -0.115. The summed E-state index contributed by atoms with van der Waals surface area (Å²) in [7, 11) is 0. The normalized spacial score (nSPS) is 17.1. The van der Waals surface area contributed by atoms with Crippen molar-refractivity contribution < 1.29 is 4.79 Å². The quantitative estimate of drug-likeness (QED) is 0.774. The van der Waals surface area contributed by atoms with Crippen molar-refractivity contribution >= 4 is 17.3 Å². The zero-order chi connectivity index (χ0) is 12.5. The van der Waals surface area contributed by atoms with Crippen molar-refractivity contribution in [3.8, 4) is 0 Å². The van der Waals surface area contributed by atoms with Crippen LogP contribution in [0.4, 0.5) is 5.69 Å². The lowest BCUT2D eigenvalue weighted by atomic mass is 9.91. The van der Waals surface area contributed by atoms with E-state index in [0.717, 1.165) is 16.8 Å². The van der Waals surface area contributed by atoms with Crippen LogP contribution < -0.4 is 5.32 Å². The van der Waals surface area contributed by atoms with E-state index in [1.807, 2.05) is 54.6 Å². The molecule has 0 spiro atoms. The van der Waals surface area contributed by atoms with Gasteiger partial charge >= 0.3 is 0 Å². The molecule has 2 aromatic carbocycles. The fourth-order valence-corrected chi connectivity index (χ4v) is 2.28. The monoisotopic (exact) mass is 236 g/mol. The van der Waals surface area contributed by atoms with Crippen molar-refractivity contribution in [2.24, 2.45) is 0 Å². The van der Waals surface area contributed by atoms with Gasteiger partial charge in [0.2, 0.25) is 5.91 Å². The molecule has 3 nitrogen and oxygen atoms in total. The molecule has 2 N–H and O–H groups in total. The Hall–Kier alpha value is -2.42. The van der Waals surface area contributed by atoms with Crippen LogP contribution in [0.2, 0.25) is 0 Å². The first-order valence-electron chi connectivity index (χ1n) is 5.81. The molecule has 0 saturated carbocycles. The maximum absolute atomic E-state index is 12.0. The molecule has 0 saturated heterocycles. The molecular formula is C15H12N2O. The fourth-order valence-electron chi connectivity index (χ4n) is 2.28. The van der Waals surface area contributed by atoms with E-state index in [4.69, 9.17) is 5.41 Å². The van der Waals surface area contributed by atoms with Gasteiger partial charge in [0, 0.05) is 5.69 Å². The first kappa shape index (κ1) is 10.7. The molecule has 0 aromatic heterocycles. The second-order valence-corrected chi connectivity index (χ2v) is 4.29. The number of hydrogen-bond donors (Lipinski definition) is 2. The van der Waals surface area contributed by atoms with Gasteiger partial charge in [0.1, 0.15) is 5.92 Å². The van der Waals surface area contributed by atoms with Crippen molar-refractivity contribution in [3.63, 3.8) is 0 Å². The summed E-state index contributed by atoms with van der Waals surface area (Å²) >= 11 is 0. The highest BCUT2D eigenvalue weighted by Crippen LogP contribution is 2.34. The van der Waals surface area contributed by atoms with E-state index < -0.39 is 5.92 Å². The minimum atomic E-state index is -0.497. The van der Waals surface area contributed by atoms with Crippen molar-refractivity contribution in [2.45, 2.75) is 5.92 Å². The number of rotatable bonds is 2. The number of benzene rings is 2. The van der Waals surface area contributed by atoms with E-state index in [1.54, 1.807) is 0 Å². The van der Waals surface area contributed by atoms with Gasteiger partial charge in [-0.15, -0.1) is 0 Å². The Kier molecular flexibility index (Phi) is 2.45. The van der Waals surface area contributed by atoms with Crippen LogP contribution in [-0.2, 0) is 4.79 Å². The van der Waals surface area contributed by atoms with E-state index in [-0.39, 0.29) is 5.91 Å². The maximum Gasteiger partial charge on any atom is 0.238 e. The highest BCUT2D eigenvalue weighted by molar-refractivity contribution is 6.22. The van der Waals surface area contributed by atoms with E-state index >= 15 is 0 Å². The summed E-state index contributed by atoms with van der Waals surface area (Å²) in [6, 6.07) is 16.9. The molecule has 2 aromatic rings. The summed E-state index contributed by atoms with van der Waals surface area (Å²) in [4.78, 5) is 12.0. The molecule has 1 unspecified atom stereocenters. The molecule has 3 heteroatoms. The van der Waals surface area contributed by atoms with Crippen LogP contribution in [0.3, 0.4) is 0 Å². The van der Waals surface area contributed by atoms with Gasteiger partial charge in [0.25, 0.3) is 0 Å². The van der Waals surface area contributed by atoms with Crippen molar-refractivity contribution in [2.75, 3.05) is 5.32 Å². The molecule has 3 rings (SSSR count). The minimum absolute atomic E-state index is 0.120. The highest BCUT2D eigenvalue weighted by atomic mass is 16.2. The molecule has 1 amide bonds. The predicted octanol–water partition coefficient (Wildman–Crippen LogP) is 2.79. The van der Waals surface area contributed by atoms with Crippen LogP contribution in [0.1, 0.15) is 17.0 Å². The average molecular weight is 236 g/mol. The van der Waals surface area contributed by atoms with Crippen LogP contribution in [0.5, 0.6) is 0 Å². The first-order valence-corrected chi connectivity index (χ1v) is 5.81. The third kappa shape index (κ3) is 1.61. The molecule has 1 heterocycles.